The van der Waals surface area contributed by atoms with E-state index in [-0.39, 0.29) is 0 Å². The molecular formula is C14H17NO2S. The molecule has 0 bridgehead atoms. The molecule has 2 rings (SSSR count). The Morgan fingerprint density at radius 3 is 2.61 bits per heavy atom. The van der Waals surface area contributed by atoms with Crippen molar-refractivity contribution >= 4 is 33.2 Å². The van der Waals surface area contributed by atoms with Gasteiger partial charge in [-0.05, 0) is 33.8 Å². The van der Waals surface area contributed by atoms with Gasteiger partial charge in [-0.25, -0.2) is 4.79 Å². The monoisotopic (exact) mass is 263 g/mol. The van der Waals surface area contributed by atoms with Crippen molar-refractivity contribution < 1.29 is 9.53 Å². The standard InChI is InChI=1S/C14H17NO2S/c1-9-12(15-13(16)17-14(2,3)4)10-7-5-6-8-11(10)18-9/h5-8H,1-4H3,(H,15,16). The fraction of sp³-hybridized carbons (Fsp3) is 0.357. The molecule has 1 amide bonds. The Labute approximate surface area is 111 Å². The summed E-state index contributed by atoms with van der Waals surface area (Å²) in [4.78, 5) is 12.9. The molecule has 18 heavy (non-hydrogen) atoms. The molecule has 2 aromatic rings. The molecule has 0 spiro atoms. The van der Waals surface area contributed by atoms with Crippen molar-refractivity contribution in [2.24, 2.45) is 0 Å². The Hall–Kier alpha value is -1.55. The second-order valence-electron chi connectivity index (χ2n) is 5.16. The maximum absolute atomic E-state index is 11.8. The van der Waals surface area contributed by atoms with Gasteiger partial charge >= 0.3 is 6.09 Å². The van der Waals surface area contributed by atoms with E-state index in [2.05, 4.69) is 5.32 Å². The highest BCUT2D eigenvalue weighted by Gasteiger charge is 2.18. The van der Waals surface area contributed by atoms with Crippen LogP contribution in [-0.2, 0) is 4.74 Å². The third-order valence-electron chi connectivity index (χ3n) is 2.40. The van der Waals surface area contributed by atoms with Crippen molar-refractivity contribution in [3.63, 3.8) is 0 Å². The summed E-state index contributed by atoms with van der Waals surface area (Å²) in [5.41, 5.74) is 0.369. The highest BCUT2D eigenvalue weighted by atomic mass is 32.1. The third-order valence-corrected chi connectivity index (χ3v) is 3.48. The smallest absolute Gasteiger partial charge is 0.412 e. The predicted molar refractivity (Wildman–Crippen MR) is 76.4 cm³/mol. The van der Waals surface area contributed by atoms with Crippen LogP contribution < -0.4 is 5.32 Å². The molecule has 0 aliphatic heterocycles. The highest BCUT2D eigenvalue weighted by molar-refractivity contribution is 7.19. The van der Waals surface area contributed by atoms with Gasteiger partial charge in [0.25, 0.3) is 0 Å². The van der Waals surface area contributed by atoms with E-state index in [9.17, 15) is 4.79 Å². The zero-order valence-electron chi connectivity index (χ0n) is 11.0. The molecule has 1 N–H and O–H groups in total. The van der Waals surface area contributed by atoms with E-state index in [1.165, 1.54) is 4.70 Å². The Balaban J connectivity index is 2.27. The SMILES string of the molecule is Cc1sc2ccccc2c1NC(=O)OC(C)(C)C. The number of fused-ring (bicyclic) bond motifs is 1. The van der Waals surface area contributed by atoms with E-state index >= 15 is 0 Å². The maximum atomic E-state index is 11.8. The molecular weight excluding hydrogens is 246 g/mol. The van der Waals surface area contributed by atoms with Gasteiger partial charge in [-0.15, -0.1) is 11.3 Å². The van der Waals surface area contributed by atoms with E-state index in [4.69, 9.17) is 4.74 Å². The Kier molecular flexibility index (Phi) is 3.30. The normalized spacial score (nSPS) is 11.6. The fourth-order valence-corrected chi connectivity index (χ4v) is 2.75. The van der Waals surface area contributed by atoms with Gasteiger partial charge in [0.1, 0.15) is 5.60 Å². The van der Waals surface area contributed by atoms with E-state index in [1.54, 1.807) is 11.3 Å². The van der Waals surface area contributed by atoms with Crippen LogP contribution in [0, 0.1) is 6.92 Å². The topological polar surface area (TPSA) is 38.3 Å². The van der Waals surface area contributed by atoms with Crippen LogP contribution in [0.4, 0.5) is 10.5 Å². The molecule has 1 aromatic heterocycles. The lowest BCUT2D eigenvalue weighted by Gasteiger charge is -2.19. The van der Waals surface area contributed by atoms with Crippen LogP contribution in [0.1, 0.15) is 25.6 Å². The zero-order valence-corrected chi connectivity index (χ0v) is 11.9. The van der Waals surface area contributed by atoms with Crippen molar-refractivity contribution in [3.05, 3.63) is 29.1 Å². The van der Waals surface area contributed by atoms with Gasteiger partial charge in [-0.2, -0.15) is 0 Å². The molecule has 0 saturated heterocycles. The summed E-state index contributed by atoms with van der Waals surface area (Å²) in [6, 6.07) is 8.02. The molecule has 3 nitrogen and oxygen atoms in total. The number of benzene rings is 1. The molecule has 0 fully saturated rings. The summed E-state index contributed by atoms with van der Waals surface area (Å²) in [7, 11) is 0. The largest absolute Gasteiger partial charge is 0.444 e. The molecule has 0 radical (unpaired) electrons. The minimum Gasteiger partial charge on any atom is -0.444 e. The van der Waals surface area contributed by atoms with Gasteiger partial charge in [-0.3, -0.25) is 5.32 Å². The average molecular weight is 263 g/mol. The zero-order chi connectivity index (χ0) is 13.3. The molecule has 96 valence electrons. The summed E-state index contributed by atoms with van der Waals surface area (Å²) in [6.07, 6.45) is -0.408. The second kappa shape index (κ2) is 4.61. The van der Waals surface area contributed by atoms with Crippen molar-refractivity contribution in [2.75, 3.05) is 5.32 Å². The molecule has 1 aromatic carbocycles. The van der Waals surface area contributed by atoms with Gasteiger partial charge in [0.15, 0.2) is 0 Å². The second-order valence-corrected chi connectivity index (χ2v) is 6.41. The average Bonchev–Trinajstić information content (AvgIpc) is 2.53. The van der Waals surface area contributed by atoms with Crippen LogP contribution in [0.15, 0.2) is 24.3 Å². The lowest BCUT2D eigenvalue weighted by Crippen LogP contribution is -2.27. The van der Waals surface area contributed by atoms with E-state index in [0.717, 1.165) is 16.0 Å². The van der Waals surface area contributed by atoms with Crippen LogP contribution >= 0.6 is 11.3 Å². The van der Waals surface area contributed by atoms with Gasteiger partial charge in [-0.1, -0.05) is 18.2 Å². The number of carbonyl (C=O) groups is 1. The third kappa shape index (κ3) is 2.82. The molecule has 0 unspecified atom stereocenters. The van der Waals surface area contributed by atoms with E-state index in [1.807, 2.05) is 52.0 Å². The number of rotatable bonds is 1. The Bertz CT molecular complexity index is 581. The van der Waals surface area contributed by atoms with Crippen LogP contribution in [-0.4, -0.2) is 11.7 Å². The first-order chi connectivity index (χ1) is 8.37. The molecule has 0 saturated carbocycles. The lowest BCUT2D eigenvalue weighted by molar-refractivity contribution is 0.0636. The molecule has 1 heterocycles. The van der Waals surface area contributed by atoms with Gasteiger partial charge in [0.2, 0.25) is 0 Å². The number of carbonyl (C=O) groups excluding carboxylic acids is 1. The predicted octanol–water partition coefficient (Wildman–Crippen LogP) is 4.56. The van der Waals surface area contributed by atoms with Crippen LogP contribution in [0.3, 0.4) is 0 Å². The number of hydrogen-bond donors (Lipinski definition) is 1. The van der Waals surface area contributed by atoms with E-state index < -0.39 is 11.7 Å². The summed E-state index contributed by atoms with van der Waals surface area (Å²) >= 11 is 1.67. The van der Waals surface area contributed by atoms with Crippen molar-refractivity contribution in [1.29, 1.82) is 0 Å². The summed E-state index contributed by atoms with van der Waals surface area (Å²) in [5.74, 6) is 0. The Morgan fingerprint density at radius 1 is 1.28 bits per heavy atom. The van der Waals surface area contributed by atoms with Crippen LogP contribution in [0.2, 0.25) is 0 Å². The first-order valence-electron chi connectivity index (χ1n) is 5.85. The maximum Gasteiger partial charge on any atom is 0.412 e. The highest BCUT2D eigenvalue weighted by Crippen LogP contribution is 2.35. The quantitative estimate of drug-likeness (QED) is 0.819. The molecule has 0 aliphatic rings. The first kappa shape index (κ1) is 12.9. The van der Waals surface area contributed by atoms with Gasteiger partial charge in [0, 0.05) is 15.0 Å². The summed E-state index contributed by atoms with van der Waals surface area (Å²) in [5, 5.41) is 3.90. The summed E-state index contributed by atoms with van der Waals surface area (Å²) < 4.78 is 6.44. The molecule has 0 aliphatic carbocycles. The molecule has 0 atom stereocenters. The van der Waals surface area contributed by atoms with E-state index in [0.29, 0.717) is 0 Å². The van der Waals surface area contributed by atoms with Crippen molar-refractivity contribution in [3.8, 4) is 0 Å². The number of thiophene rings is 1. The fourth-order valence-electron chi connectivity index (χ4n) is 1.73. The van der Waals surface area contributed by atoms with Gasteiger partial charge in [0.05, 0.1) is 5.69 Å². The number of aryl methyl sites for hydroxylation is 1. The first-order valence-corrected chi connectivity index (χ1v) is 6.66. The number of anilines is 1. The number of ether oxygens (including phenoxy) is 1. The summed E-state index contributed by atoms with van der Waals surface area (Å²) in [6.45, 7) is 7.55. The number of nitrogens with one attached hydrogen (secondary N) is 1. The minimum absolute atomic E-state index is 0.408. The molecule has 4 heteroatoms. The number of amides is 1. The number of hydrogen-bond acceptors (Lipinski definition) is 3. The van der Waals surface area contributed by atoms with Crippen LogP contribution in [0.5, 0.6) is 0 Å². The van der Waals surface area contributed by atoms with Crippen LogP contribution in [0.25, 0.3) is 10.1 Å². The van der Waals surface area contributed by atoms with Crippen molar-refractivity contribution in [1.82, 2.24) is 0 Å². The van der Waals surface area contributed by atoms with Crippen molar-refractivity contribution in [2.45, 2.75) is 33.3 Å². The van der Waals surface area contributed by atoms with Gasteiger partial charge < -0.3 is 4.74 Å². The lowest BCUT2D eigenvalue weighted by atomic mass is 10.2. The Morgan fingerprint density at radius 2 is 1.94 bits per heavy atom. The minimum atomic E-state index is -0.482.